The van der Waals surface area contributed by atoms with Crippen molar-refractivity contribution in [2.45, 2.75) is 64.5 Å². The first-order valence-corrected chi connectivity index (χ1v) is 9.37. The fourth-order valence-corrected chi connectivity index (χ4v) is 5.11. The van der Waals surface area contributed by atoms with Crippen LogP contribution in [0.5, 0.6) is 0 Å². The van der Waals surface area contributed by atoms with E-state index >= 15 is 0 Å². The monoisotopic (exact) mass is 294 g/mol. The standard InChI is InChI=1S/C18H34N2O/c1-3-7-20-8-9-21-18(13-20)17(19-4-2)12-16-11-14-5-6-15(16)10-14/h14-19H,3-13H2,1-2H3. The molecule has 0 aromatic heterocycles. The fraction of sp³-hybridized carbons (Fsp3) is 1.00. The summed E-state index contributed by atoms with van der Waals surface area (Å²) in [6.45, 7) is 9.99. The lowest BCUT2D eigenvalue weighted by atomic mass is 9.83. The first kappa shape index (κ1) is 15.8. The Morgan fingerprint density at radius 3 is 2.81 bits per heavy atom. The van der Waals surface area contributed by atoms with Gasteiger partial charge in [0.25, 0.3) is 0 Å². The lowest BCUT2D eigenvalue weighted by Gasteiger charge is -2.39. The Hall–Kier alpha value is -0.120. The molecule has 0 spiro atoms. The normalized spacial score (nSPS) is 38.0. The van der Waals surface area contributed by atoms with Crippen LogP contribution in [-0.2, 0) is 4.74 Å². The Balaban J connectivity index is 1.55. The molecule has 1 saturated heterocycles. The number of nitrogens with one attached hydrogen (secondary N) is 1. The molecule has 2 bridgehead atoms. The van der Waals surface area contributed by atoms with Crippen LogP contribution in [0, 0.1) is 17.8 Å². The van der Waals surface area contributed by atoms with Crippen LogP contribution < -0.4 is 5.32 Å². The van der Waals surface area contributed by atoms with Crippen LogP contribution in [0.4, 0.5) is 0 Å². The molecule has 1 heterocycles. The Kier molecular flexibility index (Phi) is 5.58. The van der Waals surface area contributed by atoms with E-state index < -0.39 is 0 Å². The highest BCUT2D eigenvalue weighted by Gasteiger charge is 2.41. The predicted molar refractivity (Wildman–Crippen MR) is 87.5 cm³/mol. The van der Waals surface area contributed by atoms with Crippen LogP contribution in [0.3, 0.4) is 0 Å². The van der Waals surface area contributed by atoms with Crippen LogP contribution in [0.2, 0.25) is 0 Å². The first-order chi connectivity index (χ1) is 10.3. The van der Waals surface area contributed by atoms with Gasteiger partial charge in [-0.1, -0.05) is 20.3 Å². The van der Waals surface area contributed by atoms with E-state index in [1.54, 1.807) is 0 Å². The second-order valence-corrected chi connectivity index (χ2v) is 7.54. The summed E-state index contributed by atoms with van der Waals surface area (Å²) in [5.41, 5.74) is 0. The highest BCUT2D eigenvalue weighted by atomic mass is 16.5. The van der Waals surface area contributed by atoms with Crippen LogP contribution in [0.1, 0.15) is 52.4 Å². The number of nitrogens with zero attached hydrogens (tertiary/aromatic N) is 1. The lowest BCUT2D eigenvalue weighted by Crippen LogP contribution is -2.53. The molecule has 3 rings (SSSR count). The summed E-state index contributed by atoms with van der Waals surface area (Å²) in [6.07, 6.45) is 9.04. The van der Waals surface area contributed by atoms with Crippen molar-refractivity contribution < 1.29 is 4.74 Å². The highest BCUT2D eigenvalue weighted by molar-refractivity contribution is 4.94. The van der Waals surface area contributed by atoms with Gasteiger partial charge in [0.2, 0.25) is 0 Å². The zero-order valence-corrected chi connectivity index (χ0v) is 14.0. The van der Waals surface area contributed by atoms with Crippen molar-refractivity contribution in [1.29, 1.82) is 0 Å². The maximum absolute atomic E-state index is 6.16. The molecule has 3 aliphatic rings. The number of hydrogen-bond donors (Lipinski definition) is 1. The van der Waals surface area contributed by atoms with Crippen molar-refractivity contribution in [1.82, 2.24) is 10.2 Å². The molecule has 3 heteroatoms. The van der Waals surface area contributed by atoms with Gasteiger partial charge in [-0.05, 0) is 62.9 Å². The van der Waals surface area contributed by atoms with Gasteiger partial charge in [-0.15, -0.1) is 0 Å². The first-order valence-electron chi connectivity index (χ1n) is 9.37. The van der Waals surface area contributed by atoms with Gasteiger partial charge in [0.05, 0.1) is 12.7 Å². The summed E-state index contributed by atoms with van der Waals surface area (Å²) >= 11 is 0. The Bertz CT molecular complexity index is 320. The smallest absolute Gasteiger partial charge is 0.0855 e. The number of fused-ring (bicyclic) bond motifs is 2. The second kappa shape index (κ2) is 7.43. The SMILES string of the molecule is CCCN1CCOC(C(CC2CC3CCC2C3)NCC)C1. The van der Waals surface area contributed by atoms with Gasteiger partial charge in [-0.25, -0.2) is 0 Å². The largest absolute Gasteiger partial charge is 0.374 e. The molecule has 1 aliphatic heterocycles. The van der Waals surface area contributed by atoms with Crippen LogP contribution in [0.15, 0.2) is 0 Å². The maximum Gasteiger partial charge on any atom is 0.0855 e. The van der Waals surface area contributed by atoms with Crippen molar-refractivity contribution >= 4 is 0 Å². The molecule has 5 unspecified atom stereocenters. The highest BCUT2D eigenvalue weighted by Crippen LogP contribution is 2.50. The molecule has 2 saturated carbocycles. The van der Waals surface area contributed by atoms with Crippen LogP contribution in [-0.4, -0.2) is 49.8 Å². The second-order valence-electron chi connectivity index (χ2n) is 7.54. The van der Waals surface area contributed by atoms with Gasteiger partial charge in [-0.3, -0.25) is 4.90 Å². The van der Waals surface area contributed by atoms with E-state index in [9.17, 15) is 0 Å². The molecule has 0 aromatic carbocycles. The minimum Gasteiger partial charge on any atom is -0.374 e. The molecular weight excluding hydrogens is 260 g/mol. The molecule has 1 N–H and O–H groups in total. The summed E-state index contributed by atoms with van der Waals surface area (Å²) in [4.78, 5) is 2.60. The van der Waals surface area contributed by atoms with E-state index in [0.717, 1.165) is 44.0 Å². The minimum absolute atomic E-state index is 0.407. The molecule has 0 aromatic rings. The minimum atomic E-state index is 0.407. The average Bonchev–Trinajstić information content (AvgIpc) is 3.10. The molecule has 21 heavy (non-hydrogen) atoms. The Labute approximate surface area is 130 Å². The molecule has 0 amide bonds. The zero-order chi connectivity index (χ0) is 14.7. The topological polar surface area (TPSA) is 24.5 Å². The number of rotatable bonds is 7. The lowest BCUT2D eigenvalue weighted by molar-refractivity contribution is -0.0508. The quantitative estimate of drug-likeness (QED) is 0.781. The van der Waals surface area contributed by atoms with Crippen molar-refractivity contribution in [2.75, 3.05) is 32.8 Å². The van der Waals surface area contributed by atoms with Gasteiger partial charge in [-0.2, -0.15) is 0 Å². The van der Waals surface area contributed by atoms with Crippen LogP contribution in [0.25, 0.3) is 0 Å². The Morgan fingerprint density at radius 2 is 2.14 bits per heavy atom. The predicted octanol–water partition coefficient (Wildman–Crippen LogP) is 2.90. The van der Waals surface area contributed by atoms with E-state index in [4.69, 9.17) is 4.74 Å². The molecule has 0 radical (unpaired) electrons. The third kappa shape index (κ3) is 3.80. The van der Waals surface area contributed by atoms with Gasteiger partial charge in [0.1, 0.15) is 0 Å². The molecule has 5 atom stereocenters. The number of likely N-dealkylation sites (N-methyl/N-ethyl adjacent to an activating group) is 1. The summed E-state index contributed by atoms with van der Waals surface area (Å²) in [5.74, 6) is 3.07. The third-order valence-electron chi connectivity index (χ3n) is 6.07. The number of morpholine rings is 1. The molecular formula is C18H34N2O. The number of ether oxygens (including phenoxy) is 1. The van der Waals surface area contributed by atoms with Gasteiger partial charge >= 0.3 is 0 Å². The van der Waals surface area contributed by atoms with Crippen molar-refractivity contribution in [2.24, 2.45) is 17.8 Å². The summed E-state index contributed by atoms with van der Waals surface area (Å²) < 4.78 is 6.16. The van der Waals surface area contributed by atoms with E-state index in [1.165, 1.54) is 45.1 Å². The van der Waals surface area contributed by atoms with Crippen molar-refractivity contribution in [3.63, 3.8) is 0 Å². The molecule has 3 fully saturated rings. The van der Waals surface area contributed by atoms with E-state index in [1.807, 2.05) is 0 Å². The van der Waals surface area contributed by atoms with E-state index in [0.29, 0.717) is 12.1 Å². The number of hydrogen-bond acceptors (Lipinski definition) is 3. The maximum atomic E-state index is 6.16. The van der Waals surface area contributed by atoms with Crippen molar-refractivity contribution in [3.05, 3.63) is 0 Å². The fourth-order valence-electron chi connectivity index (χ4n) is 5.11. The van der Waals surface area contributed by atoms with E-state index in [-0.39, 0.29) is 0 Å². The van der Waals surface area contributed by atoms with Gasteiger partial charge < -0.3 is 10.1 Å². The van der Waals surface area contributed by atoms with Crippen LogP contribution >= 0.6 is 0 Å². The molecule has 2 aliphatic carbocycles. The third-order valence-corrected chi connectivity index (χ3v) is 6.07. The van der Waals surface area contributed by atoms with Gasteiger partial charge in [0, 0.05) is 19.1 Å². The average molecular weight is 294 g/mol. The van der Waals surface area contributed by atoms with E-state index in [2.05, 4.69) is 24.1 Å². The van der Waals surface area contributed by atoms with Gasteiger partial charge in [0.15, 0.2) is 0 Å². The molecule has 3 nitrogen and oxygen atoms in total. The van der Waals surface area contributed by atoms with Crippen molar-refractivity contribution in [3.8, 4) is 0 Å². The zero-order valence-electron chi connectivity index (χ0n) is 14.0. The summed E-state index contributed by atoms with van der Waals surface area (Å²) in [7, 11) is 0. The molecule has 122 valence electrons. The summed E-state index contributed by atoms with van der Waals surface area (Å²) in [5, 5.41) is 3.75. The Morgan fingerprint density at radius 1 is 1.24 bits per heavy atom. The summed E-state index contributed by atoms with van der Waals surface area (Å²) in [6, 6.07) is 0.569.